The van der Waals surface area contributed by atoms with Crippen LogP contribution < -0.4 is 16.4 Å². The second kappa shape index (κ2) is 8.88. The Morgan fingerprint density at radius 2 is 1.70 bits per heavy atom. The highest BCUT2D eigenvalue weighted by atomic mass is 35.5. The molecule has 3 rings (SSSR count). The lowest BCUT2D eigenvalue weighted by molar-refractivity contribution is 0.854. The summed E-state index contributed by atoms with van der Waals surface area (Å²) >= 11 is 12.0. The van der Waals surface area contributed by atoms with Gasteiger partial charge in [0, 0.05) is 6.54 Å². The summed E-state index contributed by atoms with van der Waals surface area (Å²) in [7, 11) is 0. The Balaban J connectivity index is 1.62. The van der Waals surface area contributed by atoms with Crippen molar-refractivity contribution in [3.05, 3.63) is 69.7 Å². The average molecular weight is 403 g/mol. The van der Waals surface area contributed by atoms with E-state index in [9.17, 15) is 0 Å². The van der Waals surface area contributed by atoms with Crippen molar-refractivity contribution in [3.8, 4) is 0 Å². The van der Waals surface area contributed by atoms with E-state index in [2.05, 4.69) is 25.6 Å². The third-order valence-corrected chi connectivity index (χ3v) is 4.72. The first-order valence-electron chi connectivity index (χ1n) is 8.52. The summed E-state index contributed by atoms with van der Waals surface area (Å²) in [6.07, 6.45) is 0.742. The molecule has 0 aliphatic rings. The molecule has 27 heavy (non-hydrogen) atoms. The van der Waals surface area contributed by atoms with E-state index in [1.165, 1.54) is 0 Å². The lowest BCUT2D eigenvalue weighted by Gasteiger charge is -2.15. The number of aromatic nitrogens is 3. The fourth-order valence-electron chi connectivity index (χ4n) is 2.57. The van der Waals surface area contributed by atoms with Gasteiger partial charge in [-0.15, -0.1) is 0 Å². The van der Waals surface area contributed by atoms with Crippen LogP contribution in [-0.2, 0) is 6.42 Å². The highest BCUT2D eigenvalue weighted by Crippen LogP contribution is 2.23. The van der Waals surface area contributed by atoms with Crippen LogP contribution in [0.5, 0.6) is 0 Å². The smallest absolute Gasteiger partial charge is 0.229 e. The molecular formula is C19H20Cl2N6. The van der Waals surface area contributed by atoms with Crippen LogP contribution in [0.15, 0.2) is 48.5 Å². The second-order valence-corrected chi connectivity index (χ2v) is 6.86. The first kappa shape index (κ1) is 19.2. The minimum atomic E-state index is 0.0389. The van der Waals surface area contributed by atoms with E-state index in [1.54, 1.807) is 6.07 Å². The number of nitrogens with zero attached hydrogens (tertiary/aromatic N) is 3. The molecule has 0 bridgehead atoms. The van der Waals surface area contributed by atoms with Crippen molar-refractivity contribution >= 4 is 41.0 Å². The summed E-state index contributed by atoms with van der Waals surface area (Å²) in [6, 6.07) is 15.7. The predicted molar refractivity (Wildman–Crippen MR) is 111 cm³/mol. The zero-order valence-corrected chi connectivity index (χ0v) is 16.3. The van der Waals surface area contributed by atoms with Gasteiger partial charge in [0.1, 0.15) is 0 Å². The van der Waals surface area contributed by atoms with Gasteiger partial charge in [0.05, 0.1) is 16.1 Å². The maximum absolute atomic E-state index is 6.04. The number of rotatable bonds is 7. The van der Waals surface area contributed by atoms with Gasteiger partial charge in [-0.2, -0.15) is 15.0 Å². The largest absolute Gasteiger partial charge is 0.368 e. The van der Waals surface area contributed by atoms with Crippen molar-refractivity contribution < 1.29 is 0 Å². The second-order valence-electron chi connectivity index (χ2n) is 6.04. The molecule has 140 valence electrons. The Morgan fingerprint density at radius 3 is 2.44 bits per heavy atom. The molecule has 2 aromatic carbocycles. The molecule has 0 saturated carbocycles. The van der Waals surface area contributed by atoms with Crippen molar-refractivity contribution in [3.63, 3.8) is 0 Å². The molecule has 0 aliphatic heterocycles. The molecule has 1 aromatic heterocycles. The van der Waals surface area contributed by atoms with Gasteiger partial charge in [0.2, 0.25) is 17.8 Å². The normalized spacial score (nSPS) is 11.8. The molecule has 8 heteroatoms. The number of halogens is 2. The van der Waals surface area contributed by atoms with Crippen LogP contribution in [0.25, 0.3) is 0 Å². The van der Waals surface area contributed by atoms with Crippen LogP contribution in [-0.4, -0.2) is 21.5 Å². The van der Waals surface area contributed by atoms with Crippen molar-refractivity contribution in [2.24, 2.45) is 0 Å². The van der Waals surface area contributed by atoms with Gasteiger partial charge >= 0.3 is 0 Å². The topological polar surface area (TPSA) is 88.8 Å². The number of benzene rings is 2. The third-order valence-electron chi connectivity index (χ3n) is 3.98. The zero-order valence-electron chi connectivity index (χ0n) is 14.8. The molecule has 0 saturated heterocycles. The monoisotopic (exact) mass is 402 g/mol. The lowest BCUT2D eigenvalue weighted by Crippen LogP contribution is -2.14. The van der Waals surface area contributed by atoms with Crippen LogP contribution >= 0.6 is 23.2 Å². The molecule has 3 aromatic rings. The van der Waals surface area contributed by atoms with Crippen LogP contribution in [0, 0.1) is 0 Å². The van der Waals surface area contributed by atoms with E-state index in [4.69, 9.17) is 28.9 Å². The molecule has 4 N–H and O–H groups in total. The summed E-state index contributed by atoms with van der Waals surface area (Å²) in [5.74, 6) is 1.01. The first-order valence-corrected chi connectivity index (χ1v) is 9.27. The Kier molecular flexibility index (Phi) is 6.32. The molecule has 0 spiro atoms. The highest BCUT2D eigenvalue weighted by molar-refractivity contribution is 6.42. The molecule has 0 aliphatic carbocycles. The first-order chi connectivity index (χ1) is 13.0. The number of hydrogen-bond acceptors (Lipinski definition) is 6. The summed E-state index contributed by atoms with van der Waals surface area (Å²) in [5, 5.41) is 7.50. The van der Waals surface area contributed by atoms with Gasteiger partial charge in [-0.3, -0.25) is 0 Å². The van der Waals surface area contributed by atoms with Gasteiger partial charge in [0.15, 0.2) is 0 Å². The van der Waals surface area contributed by atoms with Crippen molar-refractivity contribution in [2.75, 3.05) is 22.9 Å². The van der Waals surface area contributed by atoms with E-state index in [-0.39, 0.29) is 12.0 Å². The lowest BCUT2D eigenvalue weighted by atomic mass is 10.1. The van der Waals surface area contributed by atoms with Crippen LogP contribution in [0.2, 0.25) is 10.0 Å². The number of hydrogen-bond donors (Lipinski definition) is 3. The van der Waals surface area contributed by atoms with E-state index >= 15 is 0 Å². The molecule has 6 nitrogen and oxygen atoms in total. The number of nitrogens with one attached hydrogen (secondary N) is 2. The van der Waals surface area contributed by atoms with Gasteiger partial charge in [-0.1, -0.05) is 59.6 Å². The molecular weight excluding hydrogens is 383 g/mol. The summed E-state index contributed by atoms with van der Waals surface area (Å²) < 4.78 is 0. The van der Waals surface area contributed by atoms with Crippen molar-refractivity contribution in [1.29, 1.82) is 0 Å². The number of nitrogens with two attached hydrogens (primary N) is 1. The van der Waals surface area contributed by atoms with E-state index in [0.29, 0.717) is 28.5 Å². The van der Waals surface area contributed by atoms with Crippen molar-refractivity contribution in [1.82, 2.24) is 15.0 Å². The molecule has 0 fully saturated rings. The summed E-state index contributed by atoms with van der Waals surface area (Å²) in [6.45, 7) is 2.65. The Hall–Kier alpha value is -2.57. The van der Waals surface area contributed by atoms with Gasteiger partial charge in [-0.25, -0.2) is 0 Å². The standard InChI is InChI=1S/C19H20Cl2N6/c1-12(14-5-3-2-4-6-14)24-19-26-17(22)25-18(27-19)23-10-9-13-7-8-15(20)16(21)11-13/h2-8,11-12H,9-10H2,1H3,(H4,22,23,24,25,26,27)/t12-/m0/s1. The van der Waals surface area contributed by atoms with E-state index in [1.807, 2.05) is 49.4 Å². The van der Waals surface area contributed by atoms with Crippen LogP contribution in [0.1, 0.15) is 24.1 Å². The quantitative estimate of drug-likeness (QED) is 0.535. The zero-order chi connectivity index (χ0) is 19.2. The SMILES string of the molecule is C[C@H](Nc1nc(N)nc(NCCc2ccc(Cl)c(Cl)c2)n1)c1ccccc1. The Bertz CT molecular complexity index is 904. The highest BCUT2D eigenvalue weighted by Gasteiger charge is 2.09. The number of anilines is 3. The Morgan fingerprint density at radius 1 is 0.963 bits per heavy atom. The van der Waals surface area contributed by atoms with E-state index in [0.717, 1.165) is 17.5 Å². The fourth-order valence-corrected chi connectivity index (χ4v) is 2.89. The minimum Gasteiger partial charge on any atom is -0.368 e. The summed E-state index contributed by atoms with van der Waals surface area (Å²) in [4.78, 5) is 12.7. The molecule has 1 heterocycles. The molecule has 0 amide bonds. The van der Waals surface area contributed by atoms with Gasteiger partial charge < -0.3 is 16.4 Å². The summed E-state index contributed by atoms with van der Waals surface area (Å²) in [5.41, 5.74) is 8.01. The fraction of sp³-hybridized carbons (Fsp3) is 0.211. The minimum absolute atomic E-state index is 0.0389. The predicted octanol–water partition coefficient (Wildman–Crippen LogP) is 4.59. The van der Waals surface area contributed by atoms with E-state index < -0.39 is 0 Å². The van der Waals surface area contributed by atoms with Crippen LogP contribution in [0.3, 0.4) is 0 Å². The van der Waals surface area contributed by atoms with Crippen LogP contribution in [0.4, 0.5) is 17.8 Å². The average Bonchev–Trinajstić information content (AvgIpc) is 2.65. The third kappa shape index (κ3) is 5.45. The Labute approximate surface area is 168 Å². The van der Waals surface area contributed by atoms with Gasteiger partial charge in [0.25, 0.3) is 0 Å². The van der Waals surface area contributed by atoms with Gasteiger partial charge in [-0.05, 0) is 36.6 Å². The maximum atomic E-state index is 6.04. The molecule has 1 atom stereocenters. The maximum Gasteiger partial charge on any atom is 0.229 e. The van der Waals surface area contributed by atoms with Crippen molar-refractivity contribution in [2.45, 2.75) is 19.4 Å². The molecule has 0 radical (unpaired) electrons. The number of nitrogen functional groups attached to an aromatic ring is 1. The molecule has 0 unspecified atom stereocenters.